The molecule has 0 aromatic heterocycles. The van der Waals surface area contributed by atoms with E-state index in [0.717, 1.165) is 0 Å². The fourth-order valence-electron chi connectivity index (χ4n) is 16.2. The van der Waals surface area contributed by atoms with Crippen molar-refractivity contribution in [1.82, 2.24) is 0 Å². The van der Waals surface area contributed by atoms with Crippen LogP contribution in [0.25, 0.3) is 174 Å². The maximum absolute atomic E-state index is 2.62. The molecule has 17 rings (SSSR count). The summed E-state index contributed by atoms with van der Waals surface area (Å²) in [5.74, 6) is 0. The molecule has 0 spiro atoms. The van der Waals surface area contributed by atoms with Gasteiger partial charge in [0.1, 0.15) is 0 Å². The van der Waals surface area contributed by atoms with Crippen LogP contribution < -0.4 is 0 Å². The van der Waals surface area contributed by atoms with Crippen molar-refractivity contribution in [2.45, 2.75) is 131 Å². The molecule has 1 aliphatic rings. The number of rotatable bonds is 3. The summed E-state index contributed by atoms with van der Waals surface area (Å²) < 4.78 is 0. The average Bonchev–Trinajstić information content (AvgIpc) is 1.50. The standard InChI is InChI=1S/C88H76/c1-84(2,3)50-37-48(38-51(41-50)85(4,5)6)73-57-27-21-22-28-58(57)74(49-39-52(86(7,8)9)42-53(40-49)87(10,11)12)71-46-68-64-32-30-60-62-34-36-66-79-65(35-33-61(77(62)79)59-29-31-63(78(64)76(59)60)67(68)45-70(71)73)82-75(47-23-17-16-18-24-47)72-44-54(88(13,14)15)43-69-55-25-19-20-26-56(55)81(80(69)72)83(66)82/h16-46H,1-15H3. The van der Waals surface area contributed by atoms with Crippen molar-refractivity contribution in [2.75, 3.05) is 0 Å². The Morgan fingerprint density at radius 3 is 0.966 bits per heavy atom. The molecule has 0 saturated heterocycles. The Kier molecular flexibility index (Phi) is 10.6. The maximum atomic E-state index is 2.62. The Morgan fingerprint density at radius 2 is 0.500 bits per heavy atom. The van der Waals surface area contributed by atoms with Gasteiger partial charge in [0.2, 0.25) is 0 Å². The van der Waals surface area contributed by atoms with Crippen molar-refractivity contribution in [3.8, 4) is 55.6 Å². The van der Waals surface area contributed by atoms with E-state index in [2.05, 4.69) is 292 Å². The van der Waals surface area contributed by atoms with E-state index in [9.17, 15) is 0 Å². The summed E-state index contributed by atoms with van der Waals surface area (Å²) in [6.45, 7) is 35.5. The molecule has 0 fully saturated rings. The molecule has 0 heterocycles. The van der Waals surface area contributed by atoms with Crippen LogP contribution in [0.4, 0.5) is 0 Å². The molecule has 0 heteroatoms. The van der Waals surface area contributed by atoms with Gasteiger partial charge in [0.05, 0.1) is 0 Å². The van der Waals surface area contributed by atoms with E-state index in [1.54, 1.807) is 0 Å². The molecule has 1 aliphatic carbocycles. The molecule has 0 nitrogen and oxygen atoms in total. The lowest BCUT2D eigenvalue weighted by Crippen LogP contribution is -2.16. The Bertz CT molecular complexity index is 5450. The third-order valence-electron chi connectivity index (χ3n) is 20.9. The first-order valence-corrected chi connectivity index (χ1v) is 32.2. The van der Waals surface area contributed by atoms with Gasteiger partial charge in [0, 0.05) is 0 Å². The topological polar surface area (TPSA) is 0 Å². The second-order valence-corrected chi connectivity index (χ2v) is 31.6. The van der Waals surface area contributed by atoms with Gasteiger partial charge in [-0.25, -0.2) is 0 Å². The molecule has 0 atom stereocenters. The van der Waals surface area contributed by atoms with Crippen LogP contribution in [0.15, 0.2) is 188 Å². The lowest BCUT2D eigenvalue weighted by Gasteiger charge is -2.28. The Balaban J connectivity index is 0.987. The predicted octanol–water partition coefficient (Wildman–Crippen LogP) is 25.8. The monoisotopic (exact) mass is 1130 g/mol. The molecule has 0 unspecified atom stereocenters. The number of hydrogen-bond acceptors (Lipinski definition) is 0. The van der Waals surface area contributed by atoms with Gasteiger partial charge in [-0.15, -0.1) is 0 Å². The zero-order chi connectivity index (χ0) is 60.8. The molecule has 88 heavy (non-hydrogen) atoms. The van der Waals surface area contributed by atoms with Gasteiger partial charge in [-0.1, -0.05) is 268 Å². The van der Waals surface area contributed by atoms with E-state index >= 15 is 0 Å². The fourth-order valence-corrected chi connectivity index (χ4v) is 16.2. The van der Waals surface area contributed by atoms with E-state index < -0.39 is 0 Å². The van der Waals surface area contributed by atoms with Crippen LogP contribution in [-0.2, 0) is 27.1 Å². The fraction of sp³-hybridized carbons (Fsp3) is 0.227. The van der Waals surface area contributed by atoms with Crippen molar-refractivity contribution < 1.29 is 0 Å². The van der Waals surface area contributed by atoms with E-state index in [1.807, 2.05) is 0 Å². The first-order chi connectivity index (χ1) is 41.8. The highest BCUT2D eigenvalue weighted by Crippen LogP contribution is 2.59. The highest BCUT2D eigenvalue weighted by atomic mass is 14.4. The summed E-state index contributed by atoms with van der Waals surface area (Å²) in [6.07, 6.45) is 0. The third kappa shape index (κ3) is 7.33. The molecular formula is C88H76. The van der Waals surface area contributed by atoms with Crippen LogP contribution in [0.3, 0.4) is 0 Å². The highest BCUT2D eigenvalue weighted by molar-refractivity contribution is 6.51. The van der Waals surface area contributed by atoms with E-state index in [1.165, 1.54) is 202 Å². The Hall–Kier alpha value is -8.84. The normalized spacial score (nSPS) is 13.6. The van der Waals surface area contributed by atoms with Gasteiger partial charge in [-0.05, 0) is 253 Å². The largest absolute Gasteiger partial charge is 0.0622 e. The lowest BCUT2D eigenvalue weighted by molar-refractivity contribution is 0.568. The van der Waals surface area contributed by atoms with Crippen LogP contribution in [-0.4, -0.2) is 0 Å². The van der Waals surface area contributed by atoms with Crippen LogP contribution in [0.5, 0.6) is 0 Å². The van der Waals surface area contributed by atoms with E-state index in [-0.39, 0.29) is 27.1 Å². The SMILES string of the molecule is CC(C)(C)c1cc(-c2c3ccccc3c(-c3cc(C(C)(C)C)cc(C(C)(C)C)c3)c3cc4c(cc23)-c2ccc3c5ccc6c7c(-c8ccccc8)c8cc(C(C)(C)C)cc9c%10ccccc%10c(c89)c7c7ccc(c8ccc-4c2c38)c5c67)cc(C(C)(C)C)c1. The quantitative estimate of drug-likeness (QED) is 0.122. The Labute approximate surface area is 517 Å². The number of fused-ring (bicyclic) bond motifs is 14. The zero-order valence-electron chi connectivity index (χ0n) is 53.9. The lowest BCUT2D eigenvalue weighted by atomic mass is 9.76. The average molecular weight is 1130 g/mol. The van der Waals surface area contributed by atoms with Crippen LogP contribution in [0.2, 0.25) is 0 Å². The molecule has 428 valence electrons. The summed E-state index contributed by atoms with van der Waals surface area (Å²) in [4.78, 5) is 0. The van der Waals surface area contributed by atoms with Crippen LogP contribution in [0, 0.1) is 0 Å². The third-order valence-corrected chi connectivity index (χ3v) is 20.9. The maximum Gasteiger partial charge on any atom is -0.000696 e. The van der Waals surface area contributed by atoms with Gasteiger partial charge in [-0.2, -0.15) is 0 Å². The van der Waals surface area contributed by atoms with Gasteiger partial charge in [0.25, 0.3) is 0 Å². The summed E-state index contributed by atoms with van der Waals surface area (Å²) in [6, 6.07) is 75.1. The minimum Gasteiger partial charge on any atom is -0.0622 e. The second kappa shape index (κ2) is 17.5. The highest BCUT2D eigenvalue weighted by Gasteiger charge is 2.33. The first-order valence-electron chi connectivity index (χ1n) is 32.2. The molecule has 0 radical (unpaired) electrons. The zero-order valence-corrected chi connectivity index (χ0v) is 53.9. The minimum atomic E-state index is -0.0476. The van der Waals surface area contributed by atoms with Crippen molar-refractivity contribution in [1.29, 1.82) is 0 Å². The second-order valence-electron chi connectivity index (χ2n) is 31.6. The van der Waals surface area contributed by atoms with Crippen LogP contribution >= 0.6 is 0 Å². The van der Waals surface area contributed by atoms with Crippen molar-refractivity contribution in [3.63, 3.8) is 0 Å². The molecule has 0 saturated carbocycles. The summed E-state index contributed by atoms with van der Waals surface area (Å²) >= 11 is 0. The van der Waals surface area contributed by atoms with Gasteiger partial charge < -0.3 is 0 Å². The molecule has 0 aliphatic heterocycles. The van der Waals surface area contributed by atoms with Crippen molar-refractivity contribution >= 4 is 118 Å². The molecule has 16 aromatic rings. The smallest absolute Gasteiger partial charge is 0.000696 e. The van der Waals surface area contributed by atoms with Gasteiger partial charge in [0.15, 0.2) is 0 Å². The number of hydrogen-bond donors (Lipinski definition) is 0. The van der Waals surface area contributed by atoms with E-state index in [4.69, 9.17) is 0 Å². The number of benzene rings is 14. The summed E-state index contributed by atoms with van der Waals surface area (Å²) in [7, 11) is 0. The first kappa shape index (κ1) is 53.4. The minimum absolute atomic E-state index is 0.0334. The van der Waals surface area contributed by atoms with E-state index in [0.29, 0.717) is 0 Å². The van der Waals surface area contributed by atoms with Gasteiger partial charge in [-0.3, -0.25) is 0 Å². The molecular weight excluding hydrogens is 1060 g/mol. The molecule has 0 amide bonds. The molecule has 0 bridgehead atoms. The Morgan fingerprint density at radius 1 is 0.170 bits per heavy atom. The van der Waals surface area contributed by atoms with Crippen molar-refractivity contribution in [2.24, 2.45) is 0 Å². The predicted molar refractivity (Wildman–Crippen MR) is 387 cm³/mol. The molecule has 0 N–H and O–H groups in total. The summed E-state index contributed by atoms with van der Waals surface area (Å²) in [5, 5.41) is 29.6. The van der Waals surface area contributed by atoms with Crippen molar-refractivity contribution in [3.05, 3.63) is 216 Å². The summed E-state index contributed by atoms with van der Waals surface area (Å²) in [5.41, 5.74) is 19.7. The molecule has 16 aromatic carbocycles. The van der Waals surface area contributed by atoms with Gasteiger partial charge >= 0.3 is 0 Å². The van der Waals surface area contributed by atoms with Crippen LogP contribution in [0.1, 0.15) is 132 Å².